The van der Waals surface area contributed by atoms with Crippen molar-refractivity contribution >= 4 is 17.9 Å². The Hall–Kier alpha value is -3.35. The first-order valence-electron chi connectivity index (χ1n) is 11.9. The van der Waals surface area contributed by atoms with Crippen molar-refractivity contribution in [2.24, 2.45) is 10.8 Å². The summed E-state index contributed by atoms with van der Waals surface area (Å²) < 4.78 is 16.5. The number of phenolic OH excluding ortho intramolecular Hbond substituents is 1. The molecule has 1 aliphatic carbocycles. The van der Waals surface area contributed by atoms with Crippen molar-refractivity contribution in [2.75, 3.05) is 0 Å². The second kappa shape index (κ2) is 12.4. The molecule has 3 rings (SSSR count). The summed E-state index contributed by atoms with van der Waals surface area (Å²) in [6, 6.07) is 11.9. The molecule has 1 saturated carbocycles. The molecule has 0 radical (unpaired) electrons. The number of hydrogen-bond donors (Lipinski definition) is 1. The van der Waals surface area contributed by atoms with Gasteiger partial charge in [0.05, 0.1) is 11.1 Å². The average Bonchev–Trinajstić information content (AvgIpc) is 2.83. The number of esters is 3. The molecule has 1 N–H and O–H groups in total. The molecular weight excluding hydrogens is 448 g/mol. The fourth-order valence-electron chi connectivity index (χ4n) is 4.48. The van der Waals surface area contributed by atoms with E-state index < -0.39 is 40.9 Å². The van der Waals surface area contributed by atoms with Crippen molar-refractivity contribution in [1.82, 2.24) is 0 Å². The van der Waals surface area contributed by atoms with Gasteiger partial charge < -0.3 is 19.3 Å². The van der Waals surface area contributed by atoms with Crippen molar-refractivity contribution in [2.45, 2.75) is 74.5 Å². The van der Waals surface area contributed by atoms with Gasteiger partial charge in [-0.3, -0.25) is 4.79 Å². The smallest absolute Gasteiger partial charge is 0.338 e. The lowest BCUT2D eigenvalue weighted by molar-refractivity contribution is -0.246. The highest BCUT2D eigenvalue weighted by Gasteiger charge is 2.66. The highest BCUT2D eigenvalue weighted by atomic mass is 16.6. The van der Waals surface area contributed by atoms with Crippen LogP contribution in [0.1, 0.15) is 83.0 Å². The Morgan fingerprint density at radius 3 is 1.37 bits per heavy atom. The number of phenols is 1. The van der Waals surface area contributed by atoms with E-state index >= 15 is 0 Å². The van der Waals surface area contributed by atoms with Gasteiger partial charge in [-0.1, -0.05) is 55.4 Å². The molecule has 192 valence electrons. The maximum absolute atomic E-state index is 12.7. The first-order chi connectivity index (χ1) is 16.4. The van der Waals surface area contributed by atoms with Gasteiger partial charge in [0.1, 0.15) is 23.7 Å². The standard InChI is InChI=1S/C24H26O7.2C2H6/c1-14(25)29-18-12-8-16(9-13-18)20(28)31-22-23(2,3)21(24(22,4)5)30-19(27)15-6-10-17(26)11-7-15;2*1-2/h6-13,21-22,26H,1-5H3;2*1-2H3. The topological polar surface area (TPSA) is 99.1 Å². The predicted molar refractivity (Wildman–Crippen MR) is 135 cm³/mol. The second-order valence-corrected chi connectivity index (χ2v) is 8.88. The van der Waals surface area contributed by atoms with E-state index in [1.165, 1.54) is 55.5 Å². The molecule has 0 unspecified atom stereocenters. The number of rotatable bonds is 5. The number of aromatic hydroxyl groups is 1. The molecule has 2 aromatic carbocycles. The van der Waals surface area contributed by atoms with Gasteiger partial charge in [0.2, 0.25) is 0 Å². The van der Waals surface area contributed by atoms with Crippen LogP contribution in [0.5, 0.6) is 11.5 Å². The Balaban J connectivity index is 0.00000145. The predicted octanol–water partition coefficient (Wildman–Crippen LogP) is 6.19. The van der Waals surface area contributed by atoms with Crippen LogP contribution in [0.4, 0.5) is 0 Å². The van der Waals surface area contributed by atoms with Crippen LogP contribution in [-0.2, 0) is 14.3 Å². The highest BCUT2D eigenvalue weighted by molar-refractivity contribution is 5.90. The van der Waals surface area contributed by atoms with E-state index in [1.807, 2.05) is 55.4 Å². The van der Waals surface area contributed by atoms with Crippen molar-refractivity contribution in [1.29, 1.82) is 0 Å². The summed E-state index contributed by atoms with van der Waals surface area (Å²) >= 11 is 0. The van der Waals surface area contributed by atoms with Crippen LogP contribution >= 0.6 is 0 Å². The van der Waals surface area contributed by atoms with E-state index in [9.17, 15) is 19.5 Å². The fourth-order valence-corrected chi connectivity index (χ4v) is 4.48. The SMILES string of the molecule is CC.CC.CC(=O)Oc1ccc(C(=O)OC2C(C)(C)C(OC(=O)c3ccc(O)cc3)C2(C)C)cc1. The van der Waals surface area contributed by atoms with Gasteiger partial charge in [-0.15, -0.1) is 0 Å². The Bertz CT molecular complexity index is 973. The quantitative estimate of drug-likeness (QED) is 0.397. The number of ether oxygens (including phenoxy) is 3. The second-order valence-electron chi connectivity index (χ2n) is 8.88. The average molecular weight is 487 g/mol. The first-order valence-corrected chi connectivity index (χ1v) is 11.9. The molecule has 0 bridgehead atoms. The lowest BCUT2D eigenvalue weighted by Gasteiger charge is -2.61. The molecule has 7 heteroatoms. The van der Waals surface area contributed by atoms with Gasteiger partial charge in [-0.05, 0) is 48.5 Å². The lowest BCUT2D eigenvalue weighted by Crippen LogP contribution is -2.69. The van der Waals surface area contributed by atoms with E-state index in [4.69, 9.17) is 14.2 Å². The molecule has 0 amide bonds. The van der Waals surface area contributed by atoms with Gasteiger partial charge in [0.15, 0.2) is 0 Å². The summed E-state index contributed by atoms with van der Waals surface area (Å²) in [7, 11) is 0. The zero-order valence-corrected chi connectivity index (χ0v) is 22.2. The van der Waals surface area contributed by atoms with E-state index in [2.05, 4.69) is 0 Å². The van der Waals surface area contributed by atoms with Gasteiger partial charge in [-0.25, -0.2) is 9.59 Å². The van der Waals surface area contributed by atoms with Crippen LogP contribution in [0.25, 0.3) is 0 Å². The molecule has 2 aromatic rings. The van der Waals surface area contributed by atoms with E-state index in [0.717, 1.165) is 0 Å². The molecule has 0 aromatic heterocycles. The normalized spacial score (nSPS) is 18.8. The number of carbonyl (C=O) groups is 3. The number of carbonyl (C=O) groups excluding carboxylic acids is 3. The van der Waals surface area contributed by atoms with E-state index in [-0.39, 0.29) is 5.75 Å². The summed E-state index contributed by atoms with van der Waals surface area (Å²) in [6.07, 6.45) is -0.969. The molecule has 0 spiro atoms. The molecule has 7 nitrogen and oxygen atoms in total. The minimum absolute atomic E-state index is 0.0636. The molecule has 0 atom stereocenters. The molecule has 0 aliphatic heterocycles. The Morgan fingerprint density at radius 2 is 1.03 bits per heavy atom. The molecule has 35 heavy (non-hydrogen) atoms. The third-order valence-corrected chi connectivity index (χ3v) is 5.61. The van der Waals surface area contributed by atoms with Crippen molar-refractivity contribution < 1.29 is 33.7 Å². The van der Waals surface area contributed by atoms with Crippen LogP contribution < -0.4 is 4.74 Å². The third-order valence-electron chi connectivity index (χ3n) is 5.61. The van der Waals surface area contributed by atoms with Crippen LogP contribution in [0, 0.1) is 10.8 Å². The van der Waals surface area contributed by atoms with Crippen molar-refractivity contribution in [3.8, 4) is 11.5 Å². The van der Waals surface area contributed by atoms with Crippen molar-refractivity contribution in [3.05, 3.63) is 59.7 Å². The minimum Gasteiger partial charge on any atom is -0.508 e. The largest absolute Gasteiger partial charge is 0.508 e. The summed E-state index contributed by atoms with van der Waals surface area (Å²) in [5.41, 5.74) is -0.558. The highest BCUT2D eigenvalue weighted by Crippen LogP contribution is 2.57. The molecule has 1 aliphatic rings. The summed E-state index contributed by atoms with van der Waals surface area (Å²) in [5.74, 6) is -1.05. The zero-order chi connectivity index (χ0) is 27.0. The minimum atomic E-state index is -0.608. The maximum atomic E-state index is 12.7. The lowest BCUT2D eigenvalue weighted by atomic mass is 9.51. The monoisotopic (exact) mass is 486 g/mol. The molecular formula is C28H38O7. The number of hydrogen-bond acceptors (Lipinski definition) is 7. The van der Waals surface area contributed by atoms with Crippen LogP contribution in [0.3, 0.4) is 0 Å². The Kier molecular flexibility index (Phi) is 10.5. The van der Waals surface area contributed by atoms with Crippen LogP contribution in [-0.4, -0.2) is 35.2 Å². The zero-order valence-electron chi connectivity index (χ0n) is 22.2. The molecule has 0 heterocycles. The number of benzene rings is 2. The van der Waals surface area contributed by atoms with Crippen molar-refractivity contribution in [3.63, 3.8) is 0 Å². The van der Waals surface area contributed by atoms with E-state index in [0.29, 0.717) is 16.9 Å². The van der Waals surface area contributed by atoms with Gasteiger partial charge in [0, 0.05) is 17.8 Å². The van der Waals surface area contributed by atoms with E-state index in [1.54, 1.807) is 0 Å². The first kappa shape index (κ1) is 29.7. The van der Waals surface area contributed by atoms with Crippen LogP contribution in [0.15, 0.2) is 48.5 Å². The molecule has 1 fully saturated rings. The van der Waals surface area contributed by atoms with Gasteiger partial charge in [0.25, 0.3) is 0 Å². The fraction of sp³-hybridized carbons (Fsp3) is 0.464. The van der Waals surface area contributed by atoms with Crippen LogP contribution in [0.2, 0.25) is 0 Å². The van der Waals surface area contributed by atoms with Gasteiger partial charge >= 0.3 is 17.9 Å². The maximum Gasteiger partial charge on any atom is 0.338 e. The van der Waals surface area contributed by atoms with Gasteiger partial charge in [-0.2, -0.15) is 0 Å². The Labute approximate surface area is 208 Å². The third kappa shape index (κ3) is 6.84. The molecule has 0 saturated heterocycles. The summed E-state index contributed by atoms with van der Waals surface area (Å²) in [5, 5.41) is 9.39. The summed E-state index contributed by atoms with van der Waals surface area (Å²) in [4.78, 5) is 36.2. The Morgan fingerprint density at radius 1 is 0.686 bits per heavy atom. The summed E-state index contributed by atoms with van der Waals surface area (Å²) in [6.45, 7) is 16.8.